The predicted molar refractivity (Wildman–Crippen MR) is 64.9 cm³/mol. The summed E-state index contributed by atoms with van der Waals surface area (Å²) in [6.07, 6.45) is 0.398. The number of esters is 1. The number of carbonyl (C=O) groups is 1. The first-order valence-electron chi connectivity index (χ1n) is 5.44. The Balaban J connectivity index is 2.70. The van der Waals surface area contributed by atoms with Gasteiger partial charge >= 0.3 is 19.8 Å². The van der Waals surface area contributed by atoms with Crippen LogP contribution in [0.5, 0.6) is 0 Å². The van der Waals surface area contributed by atoms with E-state index < -0.39 is 19.8 Å². The minimum absolute atomic E-state index is 0.335. The van der Waals surface area contributed by atoms with Crippen LogP contribution in [0.15, 0.2) is 30.3 Å². The minimum Gasteiger partial charge on any atom is -0.413 e. The van der Waals surface area contributed by atoms with Crippen LogP contribution in [0.4, 0.5) is 0 Å². The lowest BCUT2D eigenvalue weighted by atomic mass is 10.2. The molecule has 17 heavy (non-hydrogen) atoms. The summed E-state index contributed by atoms with van der Waals surface area (Å²) in [6.45, 7) is 3.38. The van der Waals surface area contributed by atoms with Crippen LogP contribution in [0.1, 0.15) is 19.4 Å². The maximum atomic E-state index is 11.7. The molecule has 0 aliphatic rings. The van der Waals surface area contributed by atoms with Gasteiger partial charge in [0.25, 0.3) is 0 Å². The molecule has 0 radical (unpaired) electrons. The molecule has 0 aliphatic heterocycles. The lowest BCUT2D eigenvalue weighted by molar-refractivity contribution is -0.142. The Labute approximate surface area is 102 Å². The highest BCUT2D eigenvalue weighted by atomic mass is 31.1. The van der Waals surface area contributed by atoms with Crippen molar-refractivity contribution in [3.05, 3.63) is 35.9 Å². The van der Waals surface area contributed by atoms with Gasteiger partial charge in [-0.25, -0.2) is 0 Å². The first kappa shape index (κ1) is 13.8. The van der Waals surface area contributed by atoms with E-state index >= 15 is 0 Å². The van der Waals surface area contributed by atoms with Crippen LogP contribution in [-0.4, -0.2) is 18.4 Å². The van der Waals surface area contributed by atoms with E-state index in [-0.39, 0.29) is 0 Å². The summed E-state index contributed by atoms with van der Waals surface area (Å²) in [5.74, 6) is -1.17. The number of rotatable bonds is 6. The van der Waals surface area contributed by atoms with Crippen molar-refractivity contribution in [3.8, 4) is 0 Å². The summed E-state index contributed by atoms with van der Waals surface area (Å²) in [6, 6.07) is 9.45. The number of benzene rings is 1. The van der Waals surface area contributed by atoms with Crippen LogP contribution in [0.25, 0.3) is 0 Å². The van der Waals surface area contributed by atoms with Crippen LogP contribution in [0.3, 0.4) is 0 Å². The lowest BCUT2D eigenvalue weighted by Gasteiger charge is -2.06. The van der Waals surface area contributed by atoms with Crippen molar-refractivity contribution in [2.45, 2.75) is 26.1 Å². The normalized spacial score (nSPS) is 12.9. The highest BCUT2D eigenvalue weighted by Crippen LogP contribution is 2.32. The van der Waals surface area contributed by atoms with Crippen molar-refractivity contribution >= 4 is 14.0 Å². The highest BCUT2D eigenvalue weighted by molar-refractivity contribution is 7.39. The van der Waals surface area contributed by atoms with E-state index in [1.807, 2.05) is 30.3 Å². The molecule has 0 bridgehead atoms. The molecule has 1 aromatic carbocycles. The molecule has 0 amide bonds. The molecule has 1 rings (SSSR count). The Bertz CT molecular complexity index is 377. The molecular weight excluding hydrogens is 239 g/mol. The van der Waals surface area contributed by atoms with Gasteiger partial charge < -0.3 is 4.74 Å². The van der Waals surface area contributed by atoms with Gasteiger partial charge in [0.05, 0.1) is 13.0 Å². The maximum absolute atomic E-state index is 11.7. The van der Waals surface area contributed by atoms with Crippen molar-refractivity contribution in [2.75, 3.05) is 6.61 Å². The molecule has 0 aliphatic carbocycles. The summed E-state index contributed by atoms with van der Waals surface area (Å²) >= 11 is 0. The molecule has 5 heteroatoms. The predicted octanol–water partition coefficient (Wildman–Crippen LogP) is 2.90. The van der Waals surface area contributed by atoms with Gasteiger partial charge in [-0.3, -0.25) is 4.79 Å². The SMILES string of the molecule is CCO[P+](=O)C(Cc1ccccc1)OC(C)=O. The van der Waals surface area contributed by atoms with E-state index in [1.54, 1.807) is 6.92 Å². The van der Waals surface area contributed by atoms with E-state index in [1.165, 1.54) is 6.92 Å². The molecule has 0 heterocycles. The Morgan fingerprint density at radius 3 is 2.53 bits per heavy atom. The summed E-state index contributed by atoms with van der Waals surface area (Å²) in [5, 5.41) is 0. The van der Waals surface area contributed by atoms with Gasteiger partial charge in [0, 0.05) is 6.92 Å². The van der Waals surface area contributed by atoms with Crippen molar-refractivity contribution in [2.24, 2.45) is 0 Å². The zero-order valence-corrected chi connectivity index (χ0v) is 10.9. The van der Waals surface area contributed by atoms with Gasteiger partial charge in [-0.1, -0.05) is 30.3 Å². The third-order valence-electron chi connectivity index (χ3n) is 2.05. The number of hydrogen-bond donors (Lipinski definition) is 0. The monoisotopic (exact) mass is 255 g/mol. The van der Waals surface area contributed by atoms with Gasteiger partial charge in [0.1, 0.15) is 0 Å². The highest BCUT2D eigenvalue weighted by Gasteiger charge is 2.35. The topological polar surface area (TPSA) is 52.6 Å². The first-order valence-corrected chi connectivity index (χ1v) is 6.68. The van der Waals surface area contributed by atoms with Crippen LogP contribution < -0.4 is 0 Å². The van der Waals surface area contributed by atoms with Gasteiger partial charge in [0.2, 0.25) is 0 Å². The summed E-state index contributed by atoms with van der Waals surface area (Å²) < 4.78 is 21.8. The van der Waals surface area contributed by atoms with Crippen LogP contribution in [0.2, 0.25) is 0 Å². The largest absolute Gasteiger partial charge is 0.553 e. The Hall–Kier alpha value is -1.25. The standard InChI is InChI=1S/C12H16O4P/c1-3-15-17(14)12(16-10(2)13)9-11-7-5-4-6-8-11/h4-8,12H,3,9H2,1-2H3/q+1. The molecule has 0 fully saturated rings. The van der Waals surface area contributed by atoms with E-state index in [0.717, 1.165) is 5.56 Å². The molecule has 0 spiro atoms. The second-order valence-corrected chi connectivity index (χ2v) is 4.86. The summed E-state index contributed by atoms with van der Waals surface area (Å²) in [4.78, 5) is 10.9. The Morgan fingerprint density at radius 2 is 2.00 bits per heavy atom. The van der Waals surface area contributed by atoms with Gasteiger partial charge in [-0.2, -0.15) is 0 Å². The molecular formula is C12H16O4P+. The fourth-order valence-corrected chi connectivity index (χ4v) is 2.39. The first-order chi connectivity index (χ1) is 8.13. The Kier molecular flexibility index (Phi) is 5.81. The van der Waals surface area contributed by atoms with E-state index in [2.05, 4.69) is 0 Å². The zero-order chi connectivity index (χ0) is 12.7. The second kappa shape index (κ2) is 7.15. The minimum atomic E-state index is -1.99. The van der Waals surface area contributed by atoms with Crippen molar-refractivity contribution in [1.29, 1.82) is 0 Å². The molecule has 0 saturated carbocycles. The third kappa shape index (κ3) is 5.07. The average Bonchev–Trinajstić information content (AvgIpc) is 2.29. The molecule has 4 nitrogen and oxygen atoms in total. The van der Waals surface area contributed by atoms with Gasteiger partial charge in [-0.15, -0.1) is 4.52 Å². The van der Waals surface area contributed by atoms with E-state index in [0.29, 0.717) is 13.0 Å². The molecule has 92 valence electrons. The van der Waals surface area contributed by atoms with Crippen LogP contribution in [0, 0.1) is 0 Å². The van der Waals surface area contributed by atoms with Crippen molar-refractivity contribution in [1.82, 2.24) is 0 Å². The lowest BCUT2D eigenvalue weighted by Crippen LogP contribution is -2.16. The van der Waals surface area contributed by atoms with E-state index in [9.17, 15) is 9.36 Å². The van der Waals surface area contributed by atoms with Crippen LogP contribution in [-0.2, 0) is 25.0 Å². The third-order valence-corrected chi connectivity index (χ3v) is 3.32. The molecule has 0 saturated heterocycles. The fraction of sp³-hybridized carbons (Fsp3) is 0.417. The van der Waals surface area contributed by atoms with Crippen LogP contribution >= 0.6 is 8.03 Å². The average molecular weight is 255 g/mol. The number of hydrogen-bond acceptors (Lipinski definition) is 4. The summed E-state index contributed by atoms with van der Waals surface area (Å²) in [7, 11) is -1.99. The smallest absolute Gasteiger partial charge is 0.413 e. The number of carbonyl (C=O) groups excluding carboxylic acids is 1. The molecule has 2 unspecified atom stereocenters. The Morgan fingerprint density at radius 1 is 1.35 bits per heavy atom. The fourth-order valence-electron chi connectivity index (χ4n) is 1.38. The quantitative estimate of drug-likeness (QED) is 0.579. The van der Waals surface area contributed by atoms with Gasteiger partial charge in [0.15, 0.2) is 0 Å². The molecule has 1 aromatic rings. The maximum Gasteiger partial charge on any atom is 0.553 e. The summed E-state index contributed by atoms with van der Waals surface area (Å²) in [5.41, 5.74) is 0.960. The molecule has 2 atom stereocenters. The number of ether oxygens (including phenoxy) is 1. The zero-order valence-electron chi connectivity index (χ0n) is 9.96. The molecule has 0 N–H and O–H groups in total. The van der Waals surface area contributed by atoms with E-state index in [4.69, 9.17) is 9.26 Å². The van der Waals surface area contributed by atoms with Gasteiger partial charge in [-0.05, 0) is 17.1 Å². The van der Waals surface area contributed by atoms with Crippen molar-refractivity contribution in [3.63, 3.8) is 0 Å². The van der Waals surface area contributed by atoms with Crippen molar-refractivity contribution < 1.29 is 18.6 Å². The molecule has 0 aromatic heterocycles. The second-order valence-electron chi connectivity index (χ2n) is 3.46.